The lowest BCUT2D eigenvalue weighted by atomic mass is 9.50. The molecule has 1 spiro atoms. The molecule has 6 rings (SSSR count). The largest absolute Gasteiger partial charge is 0.441 e. The van der Waals surface area contributed by atoms with E-state index in [-0.39, 0.29) is 23.1 Å². The van der Waals surface area contributed by atoms with E-state index in [0.717, 1.165) is 49.1 Å². The van der Waals surface area contributed by atoms with Crippen LogP contribution in [0.25, 0.3) is 11.1 Å². The van der Waals surface area contributed by atoms with Crippen LogP contribution < -0.4 is 5.32 Å². The normalized spacial score (nSPS) is 31.9. The van der Waals surface area contributed by atoms with Gasteiger partial charge in [-0.15, -0.1) is 0 Å². The Labute approximate surface area is 184 Å². The summed E-state index contributed by atoms with van der Waals surface area (Å²) in [4.78, 5) is 17.1. The first-order valence-corrected chi connectivity index (χ1v) is 12.7. The van der Waals surface area contributed by atoms with E-state index in [0.29, 0.717) is 28.3 Å². The van der Waals surface area contributed by atoms with Crippen molar-refractivity contribution in [3.63, 3.8) is 0 Å². The Balaban J connectivity index is 1.05. The molecule has 31 heavy (non-hydrogen) atoms. The van der Waals surface area contributed by atoms with E-state index < -0.39 is 9.73 Å². The molecular formula is C22H22ClN3O4S. The van der Waals surface area contributed by atoms with E-state index >= 15 is 0 Å². The van der Waals surface area contributed by atoms with E-state index in [1.165, 1.54) is 0 Å². The van der Waals surface area contributed by atoms with Crippen LogP contribution in [0.4, 0.5) is 0 Å². The highest BCUT2D eigenvalue weighted by atomic mass is 35.5. The van der Waals surface area contributed by atoms with Crippen molar-refractivity contribution in [1.29, 1.82) is 0 Å². The van der Waals surface area contributed by atoms with Gasteiger partial charge in [0.25, 0.3) is 5.91 Å². The van der Waals surface area contributed by atoms with Gasteiger partial charge in [-0.2, -0.15) is 0 Å². The molecule has 1 N–H and O–H groups in total. The van der Waals surface area contributed by atoms with Crippen LogP contribution in [0.2, 0.25) is 5.02 Å². The van der Waals surface area contributed by atoms with Gasteiger partial charge in [0.1, 0.15) is 15.2 Å². The van der Waals surface area contributed by atoms with Gasteiger partial charge in [-0.1, -0.05) is 11.6 Å². The molecule has 2 fully saturated rings. The second-order valence-electron chi connectivity index (χ2n) is 9.02. The number of furan rings is 1. The zero-order valence-electron chi connectivity index (χ0n) is 16.8. The zero-order chi connectivity index (χ0) is 21.2. The molecule has 2 aliphatic carbocycles. The molecule has 1 atom stereocenters. The molecule has 0 bridgehead atoms. The maximum atomic E-state index is 12.7. The maximum Gasteiger partial charge on any atom is 0.287 e. The van der Waals surface area contributed by atoms with E-state index in [4.69, 9.17) is 20.4 Å². The number of fused-ring (bicyclic) bond motifs is 1. The Hall–Kier alpha value is -2.32. The third-order valence-corrected chi connectivity index (χ3v) is 9.29. The topological polar surface area (TPSA) is 97.7 Å². The average molecular weight is 460 g/mol. The molecular weight excluding hydrogens is 438 g/mol. The SMILES string of the molecule is O=C(NC1CC2(C1)CC(c1nc3cc(Cl)ccc3o1)C2)c1ccc(S2(=O)=NCCC2)o1. The number of carbonyl (C=O) groups is 1. The summed E-state index contributed by atoms with van der Waals surface area (Å²) in [5, 5.41) is 4.02. The van der Waals surface area contributed by atoms with E-state index in [9.17, 15) is 9.00 Å². The fraction of sp³-hybridized carbons (Fsp3) is 0.455. The predicted molar refractivity (Wildman–Crippen MR) is 116 cm³/mol. The molecule has 162 valence electrons. The Morgan fingerprint density at radius 2 is 2.00 bits per heavy atom. The number of benzene rings is 1. The van der Waals surface area contributed by atoms with Crippen molar-refractivity contribution in [2.45, 2.75) is 49.2 Å². The summed E-state index contributed by atoms with van der Waals surface area (Å²) in [5.74, 6) is 1.56. The smallest absolute Gasteiger partial charge is 0.287 e. The fourth-order valence-corrected chi connectivity index (χ4v) is 7.31. The Morgan fingerprint density at radius 1 is 1.16 bits per heavy atom. The number of hydrogen-bond donors (Lipinski definition) is 1. The van der Waals surface area contributed by atoms with E-state index in [1.54, 1.807) is 12.1 Å². The second kappa shape index (κ2) is 6.84. The maximum absolute atomic E-state index is 12.7. The average Bonchev–Trinajstić information content (AvgIpc) is 3.41. The summed E-state index contributed by atoms with van der Waals surface area (Å²) in [7, 11) is -2.47. The molecule has 0 saturated heterocycles. The first-order valence-electron chi connectivity index (χ1n) is 10.6. The van der Waals surface area contributed by atoms with Gasteiger partial charge in [0, 0.05) is 29.3 Å². The Kier molecular flexibility index (Phi) is 4.27. The summed E-state index contributed by atoms with van der Waals surface area (Å²) in [6.07, 6.45) is 4.73. The van der Waals surface area contributed by atoms with Crippen LogP contribution in [0.15, 0.2) is 48.6 Å². The van der Waals surface area contributed by atoms with Crippen LogP contribution in [0.5, 0.6) is 0 Å². The highest BCUT2D eigenvalue weighted by Gasteiger charge is 2.54. The van der Waals surface area contributed by atoms with Gasteiger partial charge in [0.2, 0.25) is 0 Å². The molecule has 3 aromatic rings. The third-order valence-electron chi connectivity index (χ3n) is 6.77. The molecule has 1 aliphatic heterocycles. The van der Waals surface area contributed by atoms with Crippen LogP contribution in [-0.4, -0.2) is 33.4 Å². The number of hydrogen-bond acceptors (Lipinski definition) is 6. The number of nitrogens with one attached hydrogen (secondary N) is 1. The molecule has 7 nitrogen and oxygen atoms in total. The lowest BCUT2D eigenvalue weighted by Crippen LogP contribution is -2.55. The molecule has 1 unspecified atom stereocenters. The molecule has 1 amide bonds. The van der Waals surface area contributed by atoms with Gasteiger partial charge >= 0.3 is 0 Å². The molecule has 2 aromatic heterocycles. The highest BCUT2D eigenvalue weighted by molar-refractivity contribution is 7.93. The monoisotopic (exact) mass is 459 g/mol. The minimum absolute atomic E-state index is 0.133. The van der Waals surface area contributed by atoms with Crippen LogP contribution in [0.1, 0.15) is 54.5 Å². The van der Waals surface area contributed by atoms with Gasteiger partial charge in [0.15, 0.2) is 22.3 Å². The number of nitrogens with zero attached hydrogens (tertiary/aromatic N) is 2. The first kappa shape index (κ1) is 19.4. The molecule has 2 saturated carbocycles. The fourth-order valence-electron chi connectivity index (χ4n) is 5.25. The predicted octanol–water partition coefficient (Wildman–Crippen LogP) is 4.76. The number of halogens is 1. The van der Waals surface area contributed by atoms with Crippen molar-refractivity contribution in [3.05, 3.63) is 47.0 Å². The summed E-state index contributed by atoms with van der Waals surface area (Å²) < 4.78 is 28.3. The minimum Gasteiger partial charge on any atom is -0.441 e. The minimum atomic E-state index is -2.47. The van der Waals surface area contributed by atoms with Gasteiger partial charge in [-0.3, -0.25) is 4.79 Å². The quantitative estimate of drug-likeness (QED) is 0.606. The van der Waals surface area contributed by atoms with Crippen molar-refractivity contribution in [2.24, 2.45) is 9.78 Å². The number of oxazole rings is 1. The van der Waals surface area contributed by atoms with Gasteiger partial charge in [0.05, 0.1) is 0 Å². The van der Waals surface area contributed by atoms with Gasteiger partial charge in [-0.05, 0) is 67.9 Å². The molecule has 0 radical (unpaired) electrons. The number of amides is 1. The lowest BCUT2D eigenvalue weighted by molar-refractivity contribution is -0.0256. The van der Waals surface area contributed by atoms with Crippen LogP contribution in [-0.2, 0) is 9.73 Å². The zero-order valence-corrected chi connectivity index (χ0v) is 18.4. The van der Waals surface area contributed by atoms with Crippen LogP contribution >= 0.6 is 11.6 Å². The number of aromatic nitrogens is 1. The Morgan fingerprint density at radius 3 is 2.77 bits per heavy atom. The van der Waals surface area contributed by atoms with Crippen LogP contribution in [0.3, 0.4) is 0 Å². The number of rotatable bonds is 4. The first-order chi connectivity index (χ1) is 14.9. The van der Waals surface area contributed by atoms with Gasteiger partial charge in [-0.25, -0.2) is 13.6 Å². The summed E-state index contributed by atoms with van der Waals surface area (Å²) in [6.45, 7) is 0.587. The molecule has 9 heteroatoms. The highest BCUT2D eigenvalue weighted by Crippen LogP contribution is 2.61. The van der Waals surface area contributed by atoms with Crippen molar-refractivity contribution < 1.29 is 17.8 Å². The van der Waals surface area contributed by atoms with Crippen molar-refractivity contribution in [1.82, 2.24) is 10.3 Å². The van der Waals surface area contributed by atoms with Crippen molar-refractivity contribution in [2.75, 3.05) is 12.3 Å². The Bertz CT molecular complexity index is 1310. The van der Waals surface area contributed by atoms with Gasteiger partial charge < -0.3 is 14.2 Å². The van der Waals surface area contributed by atoms with Crippen molar-refractivity contribution in [3.8, 4) is 0 Å². The van der Waals surface area contributed by atoms with Crippen molar-refractivity contribution >= 4 is 38.3 Å². The van der Waals surface area contributed by atoms with Crippen LogP contribution in [0, 0.1) is 5.41 Å². The standard InChI is InChI=1S/C22H22ClN3O4S/c23-14-2-3-17-16(8-14)26-21(30-17)13-9-22(10-13)11-15(12-22)25-20(27)18-4-5-19(29-18)31(28)7-1-6-24-31/h2-5,8,13,15H,1,6-7,9-12H2,(H,25,27). The summed E-state index contributed by atoms with van der Waals surface area (Å²) >= 11 is 6.03. The summed E-state index contributed by atoms with van der Waals surface area (Å²) in [5.41, 5.74) is 1.83. The molecule has 3 heterocycles. The third kappa shape index (κ3) is 3.27. The second-order valence-corrected chi connectivity index (χ2v) is 11.8. The van der Waals surface area contributed by atoms with E-state index in [1.807, 2.05) is 18.2 Å². The van der Waals surface area contributed by atoms with E-state index in [2.05, 4.69) is 14.7 Å². The molecule has 3 aliphatic rings. The number of carbonyl (C=O) groups excluding carboxylic acids is 1. The molecule has 1 aromatic carbocycles. The lowest BCUT2D eigenvalue weighted by Gasteiger charge is -2.57. The summed E-state index contributed by atoms with van der Waals surface area (Å²) in [6, 6.07) is 8.84.